The Kier molecular flexibility index (Phi) is 3.65. The third kappa shape index (κ3) is 2.65. The van der Waals surface area contributed by atoms with Crippen molar-refractivity contribution in [2.75, 3.05) is 7.11 Å². The summed E-state index contributed by atoms with van der Waals surface area (Å²) in [5.41, 5.74) is 2.88. The molecule has 0 N–H and O–H groups in total. The normalized spacial score (nSPS) is 10.3. The van der Waals surface area contributed by atoms with Gasteiger partial charge in [0.05, 0.1) is 7.11 Å². The summed E-state index contributed by atoms with van der Waals surface area (Å²) in [6.07, 6.45) is 0. The number of hydrogen-bond acceptors (Lipinski definition) is 2. The Morgan fingerprint density at radius 1 is 1.00 bits per heavy atom. The van der Waals surface area contributed by atoms with Gasteiger partial charge in [0.15, 0.2) is 5.78 Å². The van der Waals surface area contributed by atoms with Gasteiger partial charge in [-0.15, -0.1) is 0 Å². The zero-order chi connectivity index (χ0) is 14.0. The average Bonchev–Trinajstić information content (AvgIpc) is 2.38. The first-order chi connectivity index (χ1) is 9.02. The molecule has 0 amide bonds. The van der Waals surface area contributed by atoms with E-state index in [1.165, 1.54) is 24.3 Å². The minimum absolute atomic E-state index is 0.117. The summed E-state index contributed by atoms with van der Waals surface area (Å²) < 4.78 is 18.1. The van der Waals surface area contributed by atoms with Crippen molar-refractivity contribution in [3.63, 3.8) is 0 Å². The van der Waals surface area contributed by atoms with Gasteiger partial charge < -0.3 is 4.74 Å². The highest BCUT2D eigenvalue weighted by atomic mass is 19.1. The van der Waals surface area contributed by atoms with Crippen molar-refractivity contribution in [2.24, 2.45) is 0 Å². The van der Waals surface area contributed by atoms with Crippen LogP contribution in [0.5, 0.6) is 5.75 Å². The molecule has 98 valence electrons. The minimum atomic E-state index is -0.348. The van der Waals surface area contributed by atoms with E-state index in [9.17, 15) is 9.18 Å². The van der Waals surface area contributed by atoms with Gasteiger partial charge in [-0.3, -0.25) is 4.79 Å². The van der Waals surface area contributed by atoms with E-state index in [4.69, 9.17) is 4.74 Å². The van der Waals surface area contributed by atoms with Crippen LogP contribution in [0.15, 0.2) is 36.4 Å². The molecular weight excluding hydrogens is 243 g/mol. The summed E-state index contributed by atoms with van der Waals surface area (Å²) >= 11 is 0. The Hall–Kier alpha value is -2.16. The second-order valence-corrected chi connectivity index (χ2v) is 4.48. The van der Waals surface area contributed by atoms with Crippen molar-refractivity contribution in [3.05, 3.63) is 64.5 Å². The number of ketones is 1. The van der Waals surface area contributed by atoms with Crippen LogP contribution in [-0.2, 0) is 0 Å². The zero-order valence-electron chi connectivity index (χ0n) is 11.2. The van der Waals surface area contributed by atoms with Crippen LogP contribution in [0, 0.1) is 19.7 Å². The van der Waals surface area contributed by atoms with E-state index in [-0.39, 0.29) is 11.6 Å². The van der Waals surface area contributed by atoms with Crippen LogP contribution >= 0.6 is 0 Å². The fraction of sp³-hybridized carbons (Fsp3) is 0.188. The monoisotopic (exact) mass is 258 g/mol. The SMILES string of the molecule is COc1c(C)cc(C(=O)c2ccc(F)cc2)cc1C. The second-order valence-electron chi connectivity index (χ2n) is 4.48. The molecule has 0 spiro atoms. The summed E-state index contributed by atoms with van der Waals surface area (Å²) in [5, 5.41) is 0. The topological polar surface area (TPSA) is 26.3 Å². The number of rotatable bonds is 3. The highest BCUT2D eigenvalue weighted by Gasteiger charge is 2.13. The lowest BCUT2D eigenvalue weighted by Crippen LogP contribution is -2.03. The summed E-state index contributed by atoms with van der Waals surface area (Å²) in [6.45, 7) is 3.79. The average molecular weight is 258 g/mol. The number of hydrogen-bond donors (Lipinski definition) is 0. The molecule has 0 unspecified atom stereocenters. The van der Waals surface area contributed by atoms with E-state index < -0.39 is 0 Å². The van der Waals surface area contributed by atoms with E-state index in [0.717, 1.165) is 16.9 Å². The first kappa shape index (κ1) is 13.3. The van der Waals surface area contributed by atoms with Crippen LogP contribution in [0.2, 0.25) is 0 Å². The Bertz CT molecular complexity index is 592. The van der Waals surface area contributed by atoms with Gasteiger partial charge in [-0.2, -0.15) is 0 Å². The lowest BCUT2D eigenvalue weighted by molar-refractivity contribution is 0.103. The highest BCUT2D eigenvalue weighted by Crippen LogP contribution is 2.25. The van der Waals surface area contributed by atoms with E-state index >= 15 is 0 Å². The lowest BCUT2D eigenvalue weighted by atomic mass is 9.98. The third-order valence-corrected chi connectivity index (χ3v) is 3.03. The Morgan fingerprint density at radius 2 is 1.53 bits per heavy atom. The number of benzene rings is 2. The fourth-order valence-electron chi connectivity index (χ4n) is 2.17. The molecule has 0 heterocycles. The van der Waals surface area contributed by atoms with Crippen molar-refractivity contribution in [2.45, 2.75) is 13.8 Å². The van der Waals surface area contributed by atoms with Crippen LogP contribution in [0.3, 0.4) is 0 Å². The molecule has 0 bridgehead atoms. The quantitative estimate of drug-likeness (QED) is 0.785. The number of methoxy groups -OCH3 is 1. The molecule has 0 aliphatic heterocycles. The van der Waals surface area contributed by atoms with Gasteiger partial charge in [0.25, 0.3) is 0 Å². The third-order valence-electron chi connectivity index (χ3n) is 3.03. The van der Waals surface area contributed by atoms with Crippen molar-refractivity contribution >= 4 is 5.78 Å². The molecule has 0 aliphatic rings. The van der Waals surface area contributed by atoms with Gasteiger partial charge in [0, 0.05) is 11.1 Å². The lowest BCUT2D eigenvalue weighted by Gasteiger charge is -2.10. The van der Waals surface area contributed by atoms with Crippen LogP contribution in [0.4, 0.5) is 4.39 Å². The minimum Gasteiger partial charge on any atom is -0.496 e. The van der Waals surface area contributed by atoms with E-state index in [2.05, 4.69) is 0 Å². The predicted molar refractivity (Wildman–Crippen MR) is 72.3 cm³/mol. The van der Waals surface area contributed by atoms with Gasteiger partial charge in [-0.25, -0.2) is 4.39 Å². The molecule has 3 heteroatoms. The van der Waals surface area contributed by atoms with Gasteiger partial charge >= 0.3 is 0 Å². The van der Waals surface area contributed by atoms with Crippen molar-refractivity contribution < 1.29 is 13.9 Å². The van der Waals surface area contributed by atoms with Crippen LogP contribution in [0.1, 0.15) is 27.0 Å². The summed E-state index contributed by atoms with van der Waals surface area (Å²) in [7, 11) is 1.61. The van der Waals surface area contributed by atoms with Crippen molar-refractivity contribution in [3.8, 4) is 5.75 Å². The van der Waals surface area contributed by atoms with Gasteiger partial charge in [-0.05, 0) is 61.4 Å². The molecule has 2 aromatic carbocycles. The van der Waals surface area contributed by atoms with E-state index in [0.29, 0.717) is 11.1 Å². The molecular formula is C16H15FO2. The van der Waals surface area contributed by atoms with E-state index in [1.807, 2.05) is 13.8 Å². The molecule has 0 aromatic heterocycles. The Balaban J connectivity index is 2.42. The number of aryl methyl sites for hydroxylation is 2. The smallest absolute Gasteiger partial charge is 0.193 e. The maximum Gasteiger partial charge on any atom is 0.193 e. The number of halogens is 1. The van der Waals surface area contributed by atoms with Gasteiger partial charge in [-0.1, -0.05) is 0 Å². The molecule has 2 aromatic rings. The summed E-state index contributed by atoms with van der Waals surface area (Å²) in [6, 6.07) is 9.14. The largest absolute Gasteiger partial charge is 0.496 e. The van der Waals surface area contributed by atoms with Crippen LogP contribution in [-0.4, -0.2) is 12.9 Å². The first-order valence-electron chi connectivity index (χ1n) is 5.98. The van der Waals surface area contributed by atoms with Crippen LogP contribution in [0.25, 0.3) is 0 Å². The Labute approximate surface area is 111 Å². The Morgan fingerprint density at radius 3 is 2.00 bits per heavy atom. The number of carbonyl (C=O) groups excluding carboxylic acids is 1. The maximum absolute atomic E-state index is 12.9. The highest BCUT2D eigenvalue weighted by molar-refractivity contribution is 6.09. The molecule has 2 nitrogen and oxygen atoms in total. The van der Waals surface area contributed by atoms with E-state index in [1.54, 1.807) is 19.2 Å². The number of ether oxygens (including phenoxy) is 1. The fourth-order valence-corrected chi connectivity index (χ4v) is 2.17. The molecule has 0 saturated carbocycles. The molecule has 0 saturated heterocycles. The molecule has 0 aliphatic carbocycles. The molecule has 0 fully saturated rings. The summed E-state index contributed by atoms with van der Waals surface area (Å²) in [4.78, 5) is 12.3. The zero-order valence-corrected chi connectivity index (χ0v) is 11.2. The van der Waals surface area contributed by atoms with Crippen molar-refractivity contribution in [1.29, 1.82) is 0 Å². The number of carbonyl (C=O) groups is 1. The van der Waals surface area contributed by atoms with Crippen molar-refractivity contribution in [1.82, 2.24) is 0 Å². The second kappa shape index (κ2) is 5.22. The molecule has 0 radical (unpaired) electrons. The molecule has 2 rings (SSSR count). The predicted octanol–water partition coefficient (Wildman–Crippen LogP) is 3.68. The molecule has 0 atom stereocenters. The van der Waals surface area contributed by atoms with Gasteiger partial charge in [0.1, 0.15) is 11.6 Å². The van der Waals surface area contributed by atoms with Gasteiger partial charge in [0.2, 0.25) is 0 Å². The molecule has 19 heavy (non-hydrogen) atoms. The summed E-state index contributed by atoms with van der Waals surface area (Å²) in [5.74, 6) is 0.322. The maximum atomic E-state index is 12.9. The standard InChI is InChI=1S/C16H15FO2/c1-10-8-13(9-11(2)16(10)19-3)15(18)12-4-6-14(17)7-5-12/h4-9H,1-3H3. The van der Waals surface area contributed by atoms with Crippen LogP contribution < -0.4 is 4.74 Å². The first-order valence-corrected chi connectivity index (χ1v) is 5.98.